The molecule has 1 saturated carbocycles. The first-order valence-electron chi connectivity index (χ1n) is 6.77. The van der Waals surface area contributed by atoms with Crippen molar-refractivity contribution in [3.05, 3.63) is 5.82 Å². The molecule has 2 rings (SSSR count). The number of aryl methyl sites for hydroxylation is 1. The molecule has 3 unspecified atom stereocenters. The number of rotatable bonds is 3. The summed E-state index contributed by atoms with van der Waals surface area (Å²) in [5.74, 6) is 2.51. The SMILES string of the molecule is Cc1nnc(SC2CC(C(C)C)CCC2N)n1C. The van der Waals surface area contributed by atoms with Gasteiger partial charge in [0.15, 0.2) is 5.16 Å². The van der Waals surface area contributed by atoms with Crippen LogP contribution in [0.4, 0.5) is 0 Å². The van der Waals surface area contributed by atoms with Gasteiger partial charge in [0.05, 0.1) is 0 Å². The van der Waals surface area contributed by atoms with Crippen LogP contribution >= 0.6 is 11.8 Å². The molecule has 4 nitrogen and oxygen atoms in total. The van der Waals surface area contributed by atoms with E-state index in [1.54, 1.807) is 11.8 Å². The Morgan fingerprint density at radius 2 is 2.06 bits per heavy atom. The minimum atomic E-state index is 0.294. The van der Waals surface area contributed by atoms with E-state index in [1.807, 2.05) is 14.0 Å². The highest BCUT2D eigenvalue weighted by Gasteiger charge is 2.31. The Bertz CT molecular complexity index is 402. The number of hydrogen-bond donors (Lipinski definition) is 1. The molecule has 0 radical (unpaired) electrons. The summed E-state index contributed by atoms with van der Waals surface area (Å²) in [6, 6.07) is 0.294. The fourth-order valence-corrected chi connectivity index (χ4v) is 3.85. The third-order valence-electron chi connectivity index (χ3n) is 4.14. The average Bonchev–Trinajstić information content (AvgIpc) is 2.63. The lowest BCUT2D eigenvalue weighted by Gasteiger charge is -2.35. The first-order chi connectivity index (χ1) is 8.49. The van der Waals surface area contributed by atoms with E-state index < -0.39 is 0 Å². The predicted molar refractivity (Wildman–Crippen MR) is 75.5 cm³/mol. The second-order valence-corrected chi connectivity index (χ2v) is 6.93. The van der Waals surface area contributed by atoms with Crippen molar-refractivity contribution in [2.75, 3.05) is 0 Å². The lowest BCUT2D eigenvalue weighted by atomic mass is 9.79. The summed E-state index contributed by atoms with van der Waals surface area (Å²) in [6.07, 6.45) is 3.61. The normalized spacial score (nSPS) is 28.9. The first kappa shape index (κ1) is 13.9. The van der Waals surface area contributed by atoms with E-state index in [9.17, 15) is 0 Å². The van der Waals surface area contributed by atoms with Crippen LogP contribution in [0.3, 0.4) is 0 Å². The molecule has 3 atom stereocenters. The van der Waals surface area contributed by atoms with Crippen LogP contribution in [0.1, 0.15) is 38.9 Å². The molecule has 18 heavy (non-hydrogen) atoms. The minimum absolute atomic E-state index is 0.294. The smallest absolute Gasteiger partial charge is 0.191 e. The molecule has 0 bridgehead atoms. The monoisotopic (exact) mass is 268 g/mol. The van der Waals surface area contributed by atoms with Crippen LogP contribution < -0.4 is 5.73 Å². The zero-order valence-electron chi connectivity index (χ0n) is 11.8. The van der Waals surface area contributed by atoms with Crippen molar-refractivity contribution < 1.29 is 0 Å². The van der Waals surface area contributed by atoms with Gasteiger partial charge in [0.1, 0.15) is 5.82 Å². The molecule has 1 aromatic heterocycles. The summed E-state index contributed by atoms with van der Waals surface area (Å²) in [5.41, 5.74) is 6.27. The maximum Gasteiger partial charge on any atom is 0.191 e. The van der Waals surface area contributed by atoms with Crippen molar-refractivity contribution in [1.29, 1.82) is 0 Å². The first-order valence-corrected chi connectivity index (χ1v) is 7.65. The van der Waals surface area contributed by atoms with E-state index in [-0.39, 0.29) is 0 Å². The van der Waals surface area contributed by atoms with Gasteiger partial charge in [-0.3, -0.25) is 0 Å². The van der Waals surface area contributed by atoms with Crippen LogP contribution in [0.15, 0.2) is 5.16 Å². The predicted octanol–water partition coefficient (Wildman–Crippen LogP) is 2.37. The molecular formula is C13H24N4S. The summed E-state index contributed by atoms with van der Waals surface area (Å²) >= 11 is 1.81. The average molecular weight is 268 g/mol. The zero-order chi connectivity index (χ0) is 13.3. The molecule has 0 saturated heterocycles. The van der Waals surface area contributed by atoms with Crippen LogP contribution in [-0.2, 0) is 7.05 Å². The molecule has 1 aliphatic carbocycles. The Balaban J connectivity index is 2.05. The van der Waals surface area contributed by atoms with Gasteiger partial charge in [0, 0.05) is 18.3 Å². The van der Waals surface area contributed by atoms with E-state index >= 15 is 0 Å². The van der Waals surface area contributed by atoms with Gasteiger partial charge in [-0.25, -0.2) is 0 Å². The molecule has 5 heteroatoms. The second kappa shape index (κ2) is 5.61. The molecule has 0 amide bonds. The Labute approximate surface area is 114 Å². The molecule has 1 aliphatic rings. The van der Waals surface area contributed by atoms with E-state index in [4.69, 9.17) is 5.73 Å². The van der Waals surface area contributed by atoms with E-state index in [0.29, 0.717) is 11.3 Å². The van der Waals surface area contributed by atoms with Crippen molar-refractivity contribution in [3.8, 4) is 0 Å². The summed E-state index contributed by atoms with van der Waals surface area (Å²) < 4.78 is 2.05. The molecule has 1 heterocycles. The number of thioether (sulfide) groups is 1. The fourth-order valence-electron chi connectivity index (χ4n) is 2.55. The van der Waals surface area contributed by atoms with E-state index in [0.717, 1.165) is 29.2 Å². The molecule has 0 aromatic carbocycles. The molecule has 0 spiro atoms. The maximum atomic E-state index is 6.27. The van der Waals surface area contributed by atoms with Gasteiger partial charge in [0.2, 0.25) is 0 Å². The van der Waals surface area contributed by atoms with Gasteiger partial charge in [-0.2, -0.15) is 0 Å². The van der Waals surface area contributed by atoms with Crippen LogP contribution in [0.25, 0.3) is 0 Å². The Morgan fingerprint density at radius 1 is 1.33 bits per heavy atom. The Morgan fingerprint density at radius 3 is 2.61 bits per heavy atom. The highest BCUT2D eigenvalue weighted by molar-refractivity contribution is 7.99. The lowest BCUT2D eigenvalue weighted by Crippen LogP contribution is -2.39. The van der Waals surface area contributed by atoms with Crippen LogP contribution in [0.2, 0.25) is 0 Å². The largest absolute Gasteiger partial charge is 0.327 e. The summed E-state index contributed by atoms with van der Waals surface area (Å²) in [4.78, 5) is 0. The second-order valence-electron chi connectivity index (χ2n) is 5.73. The topological polar surface area (TPSA) is 56.7 Å². The minimum Gasteiger partial charge on any atom is -0.327 e. The number of nitrogens with two attached hydrogens (primary N) is 1. The van der Waals surface area contributed by atoms with E-state index in [1.165, 1.54) is 12.8 Å². The molecule has 0 aliphatic heterocycles. The summed E-state index contributed by atoms with van der Waals surface area (Å²) in [5, 5.41) is 9.82. The summed E-state index contributed by atoms with van der Waals surface area (Å²) in [6.45, 7) is 6.61. The molecule has 1 aromatic rings. The quantitative estimate of drug-likeness (QED) is 0.914. The standard InChI is InChI=1S/C13H24N4S/c1-8(2)10-5-6-11(14)12(7-10)18-13-16-15-9(3)17(13)4/h8,10-12H,5-7,14H2,1-4H3. The fraction of sp³-hybridized carbons (Fsp3) is 0.846. The van der Waals surface area contributed by atoms with Crippen LogP contribution in [0, 0.1) is 18.8 Å². The summed E-state index contributed by atoms with van der Waals surface area (Å²) in [7, 11) is 2.02. The third-order valence-corrected chi connectivity index (χ3v) is 5.55. The van der Waals surface area contributed by atoms with Gasteiger partial charge >= 0.3 is 0 Å². The van der Waals surface area contributed by atoms with Crippen molar-refractivity contribution in [2.24, 2.45) is 24.6 Å². The lowest BCUT2D eigenvalue weighted by molar-refractivity contribution is 0.266. The van der Waals surface area contributed by atoms with Crippen molar-refractivity contribution in [3.63, 3.8) is 0 Å². The Kier molecular flexibility index (Phi) is 4.33. The van der Waals surface area contributed by atoms with Crippen molar-refractivity contribution in [1.82, 2.24) is 14.8 Å². The van der Waals surface area contributed by atoms with E-state index in [2.05, 4.69) is 28.6 Å². The van der Waals surface area contributed by atoms with Gasteiger partial charge in [-0.1, -0.05) is 25.6 Å². The highest BCUT2D eigenvalue weighted by Crippen LogP contribution is 2.37. The number of hydrogen-bond acceptors (Lipinski definition) is 4. The highest BCUT2D eigenvalue weighted by atomic mass is 32.2. The molecule has 102 valence electrons. The van der Waals surface area contributed by atoms with Crippen molar-refractivity contribution >= 4 is 11.8 Å². The molecular weight excluding hydrogens is 244 g/mol. The number of aromatic nitrogens is 3. The molecule has 1 fully saturated rings. The van der Waals surface area contributed by atoms with Gasteiger partial charge in [-0.05, 0) is 38.0 Å². The van der Waals surface area contributed by atoms with Gasteiger partial charge < -0.3 is 10.3 Å². The Hall–Kier alpha value is -0.550. The molecule has 2 N–H and O–H groups in total. The van der Waals surface area contributed by atoms with Gasteiger partial charge in [0.25, 0.3) is 0 Å². The van der Waals surface area contributed by atoms with Crippen LogP contribution in [0.5, 0.6) is 0 Å². The van der Waals surface area contributed by atoms with Gasteiger partial charge in [-0.15, -0.1) is 10.2 Å². The third kappa shape index (κ3) is 2.88. The maximum absolute atomic E-state index is 6.27. The van der Waals surface area contributed by atoms with Crippen LogP contribution in [-0.4, -0.2) is 26.1 Å². The zero-order valence-corrected chi connectivity index (χ0v) is 12.6. The van der Waals surface area contributed by atoms with Crippen molar-refractivity contribution in [2.45, 2.75) is 56.5 Å². The number of nitrogens with zero attached hydrogens (tertiary/aromatic N) is 3.